The van der Waals surface area contributed by atoms with Gasteiger partial charge < -0.3 is 15.8 Å². The molecule has 1 aliphatic rings. The highest BCUT2D eigenvalue weighted by molar-refractivity contribution is 4.78. The van der Waals surface area contributed by atoms with Crippen molar-refractivity contribution in [3.63, 3.8) is 0 Å². The van der Waals surface area contributed by atoms with Crippen LogP contribution in [0.25, 0.3) is 0 Å². The first-order valence-electron chi connectivity index (χ1n) is 7.50. The van der Waals surface area contributed by atoms with Crippen LogP contribution >= 0.6 is 0 Å². The van der Waals surface area contributed by atoms with Gasteiger partial charge in [0.15, 0.2) is 0 Å². The van der Waals surface area contributed by atoms with Gasteiger partial charge in [-0.3, -0.25) is 0 Å². The van der Waals surface area contributed by atoms with Crippen LogP contribution in [0.2, 0.25) is 0 Å². The first kappa shape index (κ1) is 15.9. The molecule has 1 heterocycles. The second kappa shape index (κ2) is 7.46. The number of nitrogens with two attached hydrogens (primary N) is 1. The number of hydrogen-bond donors (Lipinski definition) is 2. The minimum Gasteiger partial charge on any atom is -0.378 e. The molecule has 0 aromatic carbocycles. The van der Waals surface area contributed by atoms with Crippen molar-refractivity contribution < 1.29 is 4.74 Å². The Labute approximate surface area is 113 Å². The molecule has 18 heavy (non-hydrogen) atoms. The second-order valence-electron chi connectivity index (χ2n) is 6.88. The lowest BCUT2D eigenvalue weighted by atomic mass is 9.87. The van der Waals surface area contributed by atoms with E-state index in [1.807, 2.05) is 0 Å². The summed E-state index contributed by atoms with van der Waals surface area (Å²) in [6.07, 6.45) is 4.98. The van der Waals surface area contributed by atoms with E-state index in [2.05, 4.69) is 33.0 Å². The second-order valence-corrected chi connectivity index (χ2v) is 6.88. The Bertz CT molecular complexity index is 225. The molecule has 1 aliphatic heterocycles. The van der Waals surface area contributed by atoms with Gasteiger partial charge in [-0.2, -0.15) is 0 Å². The highest BCUT2D eigenvalue weighted by atomic mass is 16.5. The van der Waals surface area contributed by atoms with E-state index in [4.69, 9.17) is 10.5 Å². The number of nitrogens with one attached hydrogen (secondary N) is 1. The summed E-state index contributed by atoms with van der Waals surface area (Å²) in [5.74, 6) is 0.703. The van der Waals surface area contributed by atoms with Crippen LogP contribution in [0.1, 0.15) is 53.4 Å². The molecule has 1 rings (SSSR count). The first-order chi connectivity index (χ1) is 8.42. The molecule has 0 aromatic rings. The first-order valence-corrected chi connectivity index (χ1v) is 7.50. The van der Waals surface area contributed by atoms with E-state index in [-0.39, 0.29) is 0 Å². The van der Waals surface area contributed by atoms with Crippen LogP contribution in [-0.4, -0.2) is 31.8 Å². The standard InChI is InChI=1S/C15H32N2O/c1-5-14-12(7-9-18-14)11-17-8-6-13(16)10-15(2,3)4/h12-14,17H,5-11,16H2,1-4H3. The van der Waals surface area contributed by atoms with Gasteiger partial charge in [-0.15, -0.1) is 0 Å². The summed E-state index contributed by atoms with van der Waals surface area (Å²) >= 11 is 0. The summed E-state index contributed by atoms with van der Waals surface area (Å²) in [6, 6.07) is 0.319. The van der Waals surface area contributed by atoms with E-state index in [9.17, 15) is 0 Å². The van der Waals surface area contributed by atoms with Crippen molar-refractivity contribution in [2.45, 2.75) is 65.5 Å². The molecule has 0 radical (unpaired) electrons. The van der Waals surface area contributed by atoms with Gasteiger partial charge in [0.1, 0.15) is 0 Å². The lowest BCUT2D eigenvalue weighted by Gasteiger charge is -2.23. The molecule has 0 saturated carbocycles. The van der Waals surface area contributed by atoms with Crippen molar-refractivity contribution >= 4 is 0 Å². The Morgan fingerprint density at radius 3 is 2.72 bits per heavy atom. The zero-order valence-corrected chi connectivity index (χ0v) is 12.7. The van der Waals surface area contributed by atoms with Crippen molar-refractivity contribution in [2.24, 2.45) is 17.1 Å². The Morgan fingerprint density at radius 1 is 1.39 bits per heavy atom. The molecule has 3 unspecified atom stereocenters. The van der Waals surface area contributed by atoms with E-state index in [0.29, 0.717) is 23.5 Å². The molecular weight excluding hydrogens is 224 g/mol. The highest BCUT2D eigenvalue weighted by Gasteiger charge is 2.26. The van der Waals surface area contributed by atoms with Crippen LogP contribution < -0.4 is 11.1 Å². The average molecular weight is 256 g/mol. The maximum Gasteiger partial charge on any atom is 0.0613 e. The summed E-state index contributed by atoms with van der Waals surface area (Å²) in [5.41, 5.74) is 6.48. The van der Waals surface area contributed by atoms with Gasteiger partial charge in [0.2, 0.25) is 0 Å². The summed E-state index contributed by atoms with van der Waals surface area (Å²) in [5, 5.41) is 3.55. The third-order valence-electron chi connectivity index (χ3n) is 3.72. The van der Waals surface area contributed by atoms with Crippen LogP contribution in [0.5, 0.6) is 0 Å². The lowest BCUT2D eigenvalue weighted by Crippen LogP contribution is -2.33. The van der Waals surface area contributed by atoms with Gasteiger partial charge in [-0.05, 0) is 43.6 Å². The van der Waals surface area contributed by atoms with Crippen LogP contribution in [0.3, 0.4) is 0 Å². The van der Waals surface area contributed by atoms with Gasteiger partial charge in [0, 0.05) is 19.2 Å². The Hall–Kier alpha value is -0.120. The summed E-state index contributed by atoms with van der Waals surface area (Å²) in [4.78, 5) is 0. The molecule has 1 saturated heterocycles. The molecular formula is C15H32N2O. The molecule has 1 fully saturated rings. The van der Waals surface area contributed by atoms with E-state index in [0.717, 1.165) is 39.0 Å². The highest BCUT2D eigenvalue weighted by Crippen LogP contribution is 2.23. The smallest absolute Gasteiger partial charge is 0.0613 e. The van der Waals surface area contributed by atoms with Gasteiger partial charge in [0.25, 0.3) is 0 Å². The van der Waals surface area contributed by atoms with Crippen molar-refractivity contribution in [1.29, 1.82) is 0 Å². The molecule has 0 amide bonds. The third kappa shape index (κ3) is 6.17. The number of hydrogen-bond acceptors (Lipinski definition) is 3. The summed E-state index contributed by atoms with van der Waals surface area (Å²) in [7, 11) is 0. The quantitative estimate of drug-likeness (QED) is 0.688. The molecule has 3 atom stereocenters. The molecule has 0 bridgehead atoms. The van der Waals surface area contributed by atoms with Crippen LogP contribution in [0, 0.1) is 11.3 Å². The van der Waals surface area contributed by atoms with Crippen molar-refractivity contribution in [1.82, 2.24) is 5.32 Å². The van der Waals surface area contributed by atoms with Gasteiger partial charge in [-0.1, -0.05) is 27.7 Å². The Morgan fingerprint density at radius 2 is 2.11 bits per heavy atom. The maximum absolute atomic E-state index is 6.14. The summed E-state index contributed by atoms with van der Waals surface area (Å²) in [6.45, 7) is 12.0. The van der Waals surface area contributed by atoms with Crippen molar-refractivity contribution in [3.05, 3.63) is 0 Å². The monoisotopic (exact) mass is 256 g/mol. The topological polar surface area (TPSA) is 47.3 Å². The predicted octanol–water partition coefficient (Wildman–Crippen LogP) is 2.54. The fourth-order valence-electron chi connectivity index (χ4n) is 2.84. The lowest BCUT2D eigenvalue weighted by molar-refractivity contribution is 0.0873. The van der Waals surface area contributed by atoms with Crippen LogP contribution in [0.4, 0.5) is 0 Å². The minimum absolute atomic E-state index is 0.319. The molecule has 0 spiro atoms. The van der Waals surface area contributed by atoms with Crippen LogP contribution in [-0.2, 0) is 4.74 Å². The van der Waals surface area contributed by atoms with E-state index >= 15 is 0 Å². The maximum atomic E-state index is 6.14. The van der Waals surface area contributed by atoms with E-state index in [1.165, 1.54) is 6.42 Å². The Balaban J connectivity index is 2.08. The zero-order chi connectivity index (χ0) is 13.6. The fraction of sp³-hybridized carbons (Fsp3) is 1.00. The largest absolute Gasteiger partial charge is 0.378 e. The van der Waals surface area contributed by atoms with Crippen molar-refractivity contribution in [2.75, 3.05) is 19.7 Å². The van der Waals surface area contributed by atoms with Gasteiger partial charge >= 0.3 is 0 Å². The molecule has 0 aliphatic carbocycles. The fourth-order valence-corrected chi connectivity index (χ4v) is 2.84. The minimum atomic E-state index is 0.319. The zero-order valence-electron chi connectivity index (χ0n) is 12.7. The predicted molar refractivity (Wildman–Crippen MR) is 77.7 cm³/mol. The van der Waals surface area contributed by atoms with E-state index < -0.39 is 0 Å². The third-order valence-corrected chi connectivity index (χ3v) is 3.72. The van der Waals surface area contributed by atoms with Gasteiger partial charge in [0.05, 0.1) is 6.10 Å². The number of rotatable bonds is 7. The number of ether oxygens (including phenoxy) is 1. The van der Waals surface area contributed by atoms with E-state index in [1.54, 1.807) is 0 Å². The SMILES string of the molecule is CCC1OCCC1CNCCC(N)CC(C)(C)C. The molecule has 3 nitrogen and oxygen atoms in total. The Kier molecular flexibility index (Phi) is 6.61. The van der Waals surface area contributed by atoms with Gasteiger partial charge in [-0.25, -0.2) is 0 Å². The molecule has 0 aromatic heterocycles. The normalized spacial score (nSPS) is 26.5. The molecule has 108 valence electrons. The molecule has 3 N–H and O–H groups in total. The summed E-state index contributed by atoms with van der Waals surface area (Å²) < 4.78 is 5.69. The average Bonchev–Trinajstić information content (AvgIpc) is 2.69. The van der Waals surface area contributed by atoms with Crippen molar-refractivity contribution in [3.8, 4) is 0 Å². The molecule has 3 heteroatoms. The van der Waals surface area contributed by atoms with Crippen LogP contribution in [0.15, 0.2) is 0 Å².